The van der Waals surface area contributed by atoms with Gasteiger partial charge in [0, 0.05) is 17.8 Å². The van der Waals surface area contributed by atoms with Gasteiger partial charge in [0.2, 0.25) is 5.88 Å². The standard InChI is InChI=1S/C14H22N2O/c1-5-15-13(9-8-11(2)3)12-7-6-10-16-14(12)17-4/h6-7,10,13,15H,2,5,8-9H2,1,3-4H3. The summed E-state index contributed by atoms with van der Waals surface area (Å²) < 4.78 is 5.31. The van der Waals surface area contributed by atoms with Crippen LogP contribution < -0.4 is 10.1 Å². The molecule has 1 N–H and O–H groups in total. The van der Waals surface area contributed by atoms with Gasteiger partial charge >= 0.3 is 0 Å². The molecule has 0 aliphatic carbocycles. The second-order valence-electron chi connectivity index (χ2n) is 4.21. The van der Waals surface area contributed by atoms with E-state index in [0.29, 0.717) is 5.88 Å². The number of aromatic nitrogens is 1. The highest BCUT2D eigenvalue weighted by Crippen LogP contribution is 2.26. The molecule has 0 bridgehead atoms. The maximum Gasteiger partial charge on any atom is 0.217 e. The number of pyridine rings is 1. The first kappa shape index (κ1) is 13.7. The number of hydrogen-bond donors (Lipinski definition) is 1. The lowest BCUT2D eigenvalue weighted by Crippen LogP contribution is -2.21. The van der Waals surface area contributed by atoms with E-state index in [2.05, 4.69) is 36.8 Å². The molecular formula is C14H22N2O. The molecule has 3 heteroatoms. The Balaban J connectivity index is 2.84. The minimum atomic E-state index is 0.278. The predicted octanol–water partition coefficient (Wildman–Crippen LogP) is 3.10. The summed E-state index contributed by atoms with van der Waals surface area (Å²) in [6.07, 6.45) is 3.78. The van der Waals surface area contributed by atoms with Crippen LogP contribution in [0.2, 0.25) is 0 Å². The van der Waals surface area contributed by atoms with Gasteiger partial charge in [-0.2, -0.15) is 0 Å². The Morgan fingerprint density at radius 2 is 2.35 bits per heavy atom. The lowest BCUT2D eigenvalue weighted by molar-refractivity contribution is 0.380. The van der Waals surface area contributed by atoms with Crippen LogP contribution in [0, 0.1) is 0 Å². The zero-order valence-electron chi connectivity index (χ0n) is 11.0. The molecule has 1 unspecified atom stereocenters. The van der Waals surface area contributed by atoms with Crippen molar-refractivity contribution in [2.75, 3.05) is 13.7 Å². The molecule has 0 saturated heterocycles. The van der Waals surface area contributed by atoms with Crippen molar-refractivity contribution < 1.29 is 4.74 Å². The topological polar surface area (TPSA) is 34.2 Å². The lowest BCUT2D eigenvalue weighted by Gasteiger charge is -2.19. The van der Waals surface area contributed by atoms with E-state index < -0.39 is 0 Å². The van der Waals surface area contributed by atoms with E-state index in [-0.39, 0.29) is 6.04 Å². The molecule has 0 saturated carbocycles. The Bertz CT molecular complexity index is 363. The molecule has 1 rings (SSSR count). The molecule has 1 atom stereocenters. The fourth-order valence-electron chi connectivity index (χ4n) is 1.84. The van der Waals surface area contributed by atoms with E-state index in [1.165, 1.54) is 5.57 Å². The molecule has 0 spiro atoms. The van der Waals surface area contributed by atoms with Gasteiger partial charge in [0.05, 0.1) is 7.11 Å². The maximum atomic E-state index is 5.31. The molecule has 0 fully saturated rings. The van der Waals surface area contributed by atoms with Gasteiger partial charge in [0.25, 0.3) is 0 Å². The van der Waals surface area contributed by atoms with Crippen LogP contribution in [0.3, 0.4) is 0 Å². The SMILES string of the molecule is C=C(C)CCC(NCC)c1cccnc1OC. The van der Waals surface area contributed by atoms with Crippen LogP contribution in [0.1, 0.15) is 38.3 Å². The Morgan fingerprint density at radius 3 is 2.94 bits per heavy atom. The van der Waals surface area contributed by atoms with Crippen LogP contribution in [0.25, 0.3) is 0 Å². The van der Waals surface area contributed by atoms with Crippen molar-refractivity contribution in [3.05, 3.63) is 36.0 Å². The zero-order chi connectivity index (χ0) is 12.7. The van der Waals surface area contributed by atoms with Crippen LogP contribution in [-0.4, -0.2) is 18.6 Å². The lowest BCUT2D eigenvalue weighted by atomic mass is 10.0. The quantitative estimate of drug-likeness (QED) is 0.736. The monoisotopic (exact) mass is 234 g/mol. The van der Waals surface area contributed by atoms with Gasteiger partial charge in [-0.3, -0.25) is 0 Å². The summed E-state index contributed by atoms with van der Waals surface area (Å²) in [6, 6.07) is 4.29. The number of methoxy groups -OCH3 is 1. The van der Waals surface area contributed by atoms with Crippen molar-refractivity contribution in [3.8, 4) is 5.88 Å². The van der Waals surface area contributed by atoms with E-state index in [1.807, 2.05) is 6.07 Å². The largest absolute Gasteiger partial charge is 0.481 e. The van der Waals surface area contributed by atoms with Crippen LogP contribution in [0.5, 0.6) is 5.88 Å². The van der Waals surface area contributed by atoms with E-state index >= 15 is 0 Å². The molecule has 0 amide bonds. The Morgan fingerprint density at radius 1 is 1.59 bits per heavy atom. The third-order valence-corrected chi connectivity index (χ3v) is 2.68. The molecule has 0 aliphatic heterocycles. The summed E-state index contributed by atoms with van der Waals surface area (Å²) in [6.45, 7) is 9.05. The Labute approximate surface area is 104 Å². The smallest absolute Gasteiger partial charge is 0.217 e. The predicted molar refractivity (Wildman–Crippen MR) is 71.3 cm³/mol. The maximum absolute atomic E-state index is 5.31. The molecule has 17 heavy (non-hydrogen) atoms. The summed E-state index contributed by atoms with van der Waals surface area (Å²) in [5.41, 5.74) is 2.33. The number of nitrogens with zero attached hydrogens (tertiary/aromatic N) is 1. The molecule has 3 nitrogen and oxygen atoms in total. The van der Waals surface area contributed by atoms with E-state index in [9.17, 15) is 0 Å². The summed E-state index contributed by atoms with van der Waals surface area (Å²) in [5, 5.41) is 3.47. The second kappa shape index (κ2) is 7.07. The van der Waals surface area contributed by atoms with Crippen molar-refractivity contribution in [3.63, 3.8) is 0 Å². The Hall–Kier alpha value is -1.35. The van der Waals surface area contributed by atoms with Crippen LogP contribution in [-0.2, 0) is 0 Å². The average molecular weight is 234 g/mol. The highest BCUT2D eigenvalue weighted by Gasteiger charge is 2.15. The van der Waals surface area contributed by atoms with Crippen molar-refractivity contribution in [2.45, 2.75) is 32.7 Å². The van der Waals surface area contributed by atoms with E-state index in [4.69, 9.17) is 4.74 Å². The molecule has 94 valence electrons. The summed E-state index contributed by atoms with van der Waals surface area (Å²) in [5.74, 6) is 0.708. The number of nitrogens with one attached hydrogen (secondary N) is 1. The third kappa shape index (κ3) is 4.19. The van der Waals surface area contributed by atoms with Gasteiger partial charge < -0.3 is 10.1 Å². The molecule has 1 aromatic heterocycles. The molecule has 0 aliphatic rings. The second-order valence-corrected chi connectivity index (χ2v) is 4.21. The molecule has 0 aromatic carbocycles. The van der Waals surface area contributed by atoms with E-state index in [0.717, 1.165) is 24.9 Å². The van der Waals surface area contributed by atoms with Gasteiger partial charge in [-0.25, -0.2) is 4.98 Å². The normalized spacial score (nSPS) is 12.2. The van der Waals surface area contributed by atoms with Crippen molar-refractivity contribution in [1.82, 2.24) is 10.3 Å². The van der Waals surface area contributed by atoms with Crippen molar-refractivity contribution in [2.24, 2.45) is 0 Å². The van der Waals surface area contributed by atoms with Crippen LogP contribution in [0.4, 0.5) is 0 Å². The zero-order valence-corrected chi connectivity index (χ0v) is 11.0. The van der Waals surface area contributed by atoms with Gasteiger partial charge in [-0.15, -0.1) is 6.58 Å². The number of allylic oxidation sites excluding steroid dienone is 1. The first-order valence-corrected chi connectivity index (χ1v) is 6.05. The van der Waals surface area contributed by atoms with Crippen LogP contribution in [0.15, 0.2) is 30.5 Å². The van der Waals surface area contributed by atoms with Gasteiger partial charge in [-0.1, -0.05) is 18.6 Å². The minimum Gasteiger partial charge on any atom is -0.481 e. The minimum absolute atomic E-state index is 0.278. The van der Waals surface area contributed by atoms with Gasteiger partial charge in [0.1, 0.15) is 0 Å². The third-order valence-electron chi connectivity index (χ3n) is 2.68. The van der Waals surface area contributed by atoms with Gasteiger partial charge in [-0.05, 0) is 32.4 Å². The summed E-state index contributed by atoms with van der Waals surface area (Å²) in [4.78, 5) is 4.24. The molecule has 1 aromatic rings. The Kier molecular flexibility index (Phi) is 5.70. The highest BCUT2D eigenvalue weighted by molar-refractivity contribution is 5.29. The molecule has 0 radical (unpaired) electrons. The fraction of sp³-hybridized carbons (Fsp3) is 0.500. The van der Waals surface area contributed by atoms with Crippen molar-refractivity contribution >= 4 is 0 Å². The summed E-state index contributed by atoms with van der Waals surface area (Å²) in [7, 11) is 1.66. The highest BCUT2D eigenvalue weighted by atomic mass is 16.5. The number of ether oxygens (including phenoxy) is 1. The number of rotatable bonds is 7. The average Bonchev–Trinajstić information content (AvgIpc) is 2.34. The molecule has 1 heterocycles. The number of hydrogen-bond acceptors (Lipinski definition) is 3. The van der Waals surface area contributed by atoms with Gasteiger partial charge in [0.15, 0.2) is 0 Å². The van der Waals surface area contributed by atoms with Crippen molar-refractivity contribution in [1.29, 1.82) is 0 Å². The molecular weight excluding hydrogens is 212 g/mol. The first-order chi connectivity index (χ1) is 8.19. The first-order valence-electron chi connectivity index (χ1n) is 6.05. The van der Waals surface area contributed by atoms with Crippen LogP contribution >= 0.6 is 0 Å². The van der Waals surface area contributed by atoms with E-state index in [1.54, 1.807) is 13.3 Å². The fourth-order valence-corrected chi connectivity index (χ4v) is 1.84. The summed E-state index contributed by atoms with van der Waals surface area (Å²) >= 11 is 0.